The number of nitrogens with zero attached hydrogens (tertiary/aromatic N) is 1. The fourth-order valence-corrected chi connectivity index (χ4v) is 6.59. The van der Waals surface area contributed by atoms with Crippen LogP contribution in [0.2, 0.25) is 0 Å². The van der Waals surface area contributed by atoms with Gasteiger partial charge in [-0.25, -0.2) is 0 Å². The smallest absolute Gasteiger partial charge is 0.173 e. The molecule has 162 valence electrons. The zero-order chi connectivity index (χ0) is 22.2. The van der Waals surface area contributed by atoms with E-state index in [-0.39, 0.29) is 22.7 Å². The standard InChI is InChI=1S/C25H27BrN2O2S/c1-24(2)12-19-22(20(29)13-24)25(10-4-3-5-11-25)18(14-27)23(28-19)31-15-21(30)16-6-8-17(26)9-7-16/h6-9,28H,3-5,10-13,15H2,1-2H3. The van der Waals surface area contributed by atoms with Gasteiger partial charge < -0.3 is 5.32 Å². The minimum atomic E-state index is -0.482. The molecule has 1 heterocycles. The van der Waals surface area contributed by atoms with Crippen LogP contribution in [0.1, 0.15) is 69.2 Å². The zero-order valence-electron chi connectivity index (χ0n) is 18.0. The number of fused-ring (bicyclic) bond motifs is 1. The summed E-state index contributed by atoms with van der Waals surface area (Å²) >= 11 is 4.80. The second kappa shape index (κ2) is 8.60. The van der Waals surface area contributed by atoms with Crippen LogP contribution in [-0.2, 0) is 4.79 Å². The Morgan fingerprint density at radius 1 is 1.16 bits per heavy atom. The van der Waals surface area contributed by atoms with Crippen molar-refractivity contribution in [2.24, 2.45) is 10.8 Å². The van der Waals surface area contributed by atoms with Crippen molar-refractivity contribution in [1.82, 2.24) is 5.32 Å². The van der Waals surface area contributed by atoms with Crippen molar-refractivity contribution >= 4 is 39.3 Å². The summed E-state index contributed by atoms with van der Waals surface area (Å²) in [4.78, 5) is 26.0. The summed E-state index contributed by atoms with van der Waals surface area (Å²) in [5, 5.41) is 14.4. The number of allylic oxidation sites excluding steroid dienone is 3. The quantitative estimate of drug-likeness (QED) is 0.493. The van der Waals surface area contributed by atoms with E-state index in [2.05, 4.69) is 41.2 Å². The van der Waals surface area contributed by atoms with E-state index in [9.17, 15) is 14.9 Å². The van der Waals surface area contributed by atoms with E-state index in [0.717, 1.165) is 59.3 Å². The molecule has 1 fully saturated rings. The molecule has 0 unspecified atom stereocenters. The van der Waals surface area contributed by atoms with Crippen molar-refractivity contribution in [1.29, 1.82) is 5.26 Å². The fourth-order valence-electron chi connectivity index (χ4n) is 5.30. The van der Waals surface area contributed by atoms with Crippen molar-refractivity contribution in [2.75, 3.05) is 5.75 Å². The molecule has 0 atom stereocenters. The van der Waals surface area contributed by atoms with E-state index in [4.69, 9.17) is 0 Å². The minimum absolute atomic E-state index is 0.0293. The number of hydrogen-bond acceptors (Lipinski definition) is 5. The Kier molecular flexibility index (Phi) is 6.20. The van der Waals surface area contributed by atoms with Gasteiger partial charge in [0.05, 0.1) is 22.4 Å². The summed E-state index contributed by atoms with van der Waals surface area (Å²) in [5.41, 5.74) is 2.56. The maximum atomic E-state index is 13.3. The number of nitriles is 1. The average molecular weight is 499 g/mol. The summed E-state index contributed by atoms with van der Waals surface area (Å²) in [6.45, 7) is 4.24. The Bertz CT molecular complexity index is 1020. The van der Waals surface area contributed by atoms with Gasteiger partial charge in [-0.1, -0.05) is 72.9 Å². The molecular formula is C25H27BrN2O2S. The Morgan fingerprint density at radius 2 is 1.84 bits per heavy atom. The molecule has 1 spiro atoms. The molecule has 0 amide bonds. The molecule has 2 aliphatic carbocycles. The summed E-state index contributed by atoms with van der Waals surface area (Å²) in [6, 6.07) is 9.80. The van der Waals surface area contributed by atoms with E-state index >= 15 is 0 Å². The van der Waals surface area contributed by atoms with Gasteiger partial charge in [-0.05, 0) is 36.8 Å². The Hall–Kier alpha value is -1.84. The van der Waals surface area contributed by atoms with Crippen LogP contribution < -0.4 is 5.32 Å². The number of carbonyl (C=O) groups is 2. The molecule has 0 bridgehead atoms. The van der Waals surface area contributed by atoms with Gasteiger partial charge in [-0.15, -0.1) is 0 Å². The number of thioether (sulfide) groups is 1. The number of carbonyl (C=O) groups excluding carboxylic acids is 2. The largest absolute Gasteiger partial charge is 0.352 e. The SMILES string of the molecule is CC1(C)CC(=O)C2=C(C1)NC(SCC(=O)c1ccc(Br)cc1)=C(C#N)C21CCCCC1. The Balaban J connectivity index is 1.67. The van der Waals surface area contributed by atoms with Crippen LogP contribution >= 0.6 is 27.7 Å². The van der Waals surface area contributed by atoms with Crippen molar-refractivity contribution < 1.29 is 9.59 Å². The van der Waals surface area contributed by atoms with Gasteiger partial charge in [0.25, 0.3) is 0 Å². The molecular weight excluding hydrogens is 472 g/mol. The lowest BCUT2D eigenvalue weighted by Crippen LogP contribution is -2.44. The average Bonchev–Trinajstić information content (AvgIpc) is 2.71. The van der Waals surface area contributed by atoms with Crippen molar-refractivity contribution in [3.05, 3.63) is 56.2 Å². The molecule has 1 aromatic rings. The van der Waals surface area contributed by atoms with Gasteiger partial charge in [-0.3, -0.25) is 9.59 Å². The summed E-state index contributed by atoms with van der Waals surface area (Å²) in [6.07, 6.45) is 6.18. The summed E-state index contributed by atoms with van der Waals surface area (Å²) in [7, 11) is 0. The number of halogens is 1. The van der Waals surface area contributed by atoms with Crippen LogP contribution in [0.25, 0.3) is 0 Å². The number of dihydropyridines is 1. The Morgan fingerprint density at radius 3 is 2.48 bits per heavy atom. The second-order valence-electron chi connectivity index (χ2n) is 9.60. The fraction of sp³-hybridized carbons (Fsp3) is 0.480. The molecule has 0 radical (unpaired) electrons. The molecule has 4 nitrogen and oxygen atoms in total. The zero-order valence-corrected chi connectivity index (χ0v) is 20.4. The highest BCUT2D eigenvalue weighted by Crippen LogP contribution is 2.56. The third kappa shape index (κ3) is 4.27. The van der Waals surface area contributed by atoms with Gasteiger partial charge in [0, 0.05) is 33.1 Å². The molecule has 1 aliphatic heterocycles. The van der Waals surface area contributed by atoms with Crippen LogP contribution in [0.4, 0.5) is 0 Å². The molecule has 1 aromatic carbocycles. The normalized spacial score (nSPS) is 22.1. The van der Waals surface area contributed by atoms with Gasteiger partial charge in [-0.2, -0.15) is 5.26 Å². The van der Waals surface area contributed by atoms with Gasteiger partial charge in [0.1, 0.15) is 0 Å². The van der Waals surface area contributed by atoms with Crippen LogP contribution in [0.5, 0.6) is 0 Å². The first kappa shape index (κ1) is 22.4. The molecule has 1 saturated carbocycles. The predicted octanol–water partition coefficient (Wildman–Crippen LogP) is 6.30. The molecule has 0 aromatic heterocycles. The van der Waals surface area contributed by atoms with Crippen molar-refractivity contribution in [3.63, 3.8) is 0 Å². The number of benzene rings is 1. The lowest BCUT2D eigenvalue weighted by atomic mass is 9.58. The molecule has 31 heavy (non-hydrogen) atoms. The molecule has 6 heteroatoms. The second-order valence-corrected chi connectivity index (χ2v) is 11.5. The third-order valence-electron chi connectivity index (χ3n) is 6.66. The first-order chi connectivity index (χ1) is 14.8. The van der Waals surface area contributed by atoms with Crippen LogP contribution in [0.15, 0.2) is 50.6 Å². The van der Waals surface area contributed by atoms with Gasteiger partial charge in [0.15, 0.2) is 11.6 Å². The van der Waals surface area contributed by atoms with Crippen molar-refractivity contribution in [2.45, 2.75) is 58.8 Å². The van der Waals surface area contributed by atoms with Crippen LogP contribution in [0, 0.1) is 22.2 Å². The van der Waals surface area contributed by atoms with E-state index in [1.54, 1.807) is 0 Å². The van der Waals surface area contributed by atoms with E-state index in [0.29, 0.717) is 17.6 Å². The lowest BCUT2D eigenvalue weighted by molar-refractivity contribution is -0.119. The van der Waals surface area contributed by atoms with Crippen LogP contribution in [0.3, 0.4) is 0 Å². The number of ketones is 2. The maximum absolute atomic E-state index is 13.3. The van der Waals surface area contributed by atoms with Crippen molar-refractivity contribution in [3.8, 4) is 6.07 Å². The van der Waals surface area contributed by atoms with E-state index in [1.165, 1.54) is 11.8 Å². The predicted molar refractivity (Wildman–Crippen MR) is 127 cm³/mol. The third-order valence-corrected chi connectivity index (χ3v) is 8.19. The molecule has 1 N–H and O–H groups in total. The number of nitrogens with one attached hydrogen (secondary N) is 1. The summed E-state index contributed by atoms with van der Waals surface area (Å²) in [5.74, 6) is 0.468. The minimum Gasteiger partial charge on any atom is -0.352 e. The van der Waals surface area contributed by atoms with E-state index < -0.39 is 5.41 Å². The van der Waals surface area contributed by atoms with Gasteiger partial charge >= 0.3 is 0 Å². The lowest BCUT2D eigenvalue weighted by Gasteiger charge is -2.47. The Labute approximate surface area is 196 Å². The number of hydrogen-bond donors (Lipinski definition) is 1. The highest BCUT2D eigenvalue weighted by Gasteiger charge is 2.50. The molecule has 4 rings (SSSR count). The molecule has 0 saturated heterocycles. The maximum Gasteiger partial charge on any atom is 0.173 e. The van der Waals surface area contributed by atoms with E-state index in [1.807, 2.05) is 24.3 Å². The first-order valence-electron chi connectivity index (χ1n) is 10.9. The first-order valence-corrected chi connectivity index (χ1v) is 12.6. The number of Topliss-reactive ketones (excluding diaryl/α,β-unsaturated/α-hetero) is 2. The topological polar surface area (TPSA) is 70.0 Å². The summed E-state index contributed by atoms with van der Waals surface area (Å²) < 4.78 is 0.934. The monoisotopic (exact) mass is 498 g/mol. The molecule has 3 aliphatic rings. The number of rotatable bonds is 4. The van der Waals surface area contributed by atoms with Crippen LogP contribution in [-0.4, -0.2) is 17.3 Å². The van der Waals surface area contributed by atoms with Gasteiger partial charge in [0.2, 0.25) is 0 Å². The highest BCUT2D eigenvalue weighted by molar-refractivity contribution is 9.10. The highest BCUT2D eigenvalue weighted by atomic mass is 79.9.